The van der Waals surface area contributed by atoms with E-state index in [1.807, 2.05) is 0 Å². The van der Waals surface area contributed by atoms with E-state index in [9.17, 15) is 4.79 Å². The van der Waals surface area contributed by atoms with Crippen LogP contribution in [-0.2, 0) is 4.79 Å². The lowest BCUT2D eigenvalue weighted by molar-refractivity contribution is -0.121. The second kappa shape index (κ2) is 10.4. The number of carbonyl (C=O) groups is 1. The molecule has 0 aliphatic carbocycles. The highest BCUT2D eigenvalue weighted by atomic mass is 16.1. The van der Waals surface area contributed by atoms with Crippen LogP contribution in [0.4, 0.5) is 0 Å². The summed E-state index contributed by atoms with van der Waals surface area (Å²) < 4.78 is 0. The van der Waals surface area contributed by atoms with Crippen LogP contribution in [0.3, 0.4) is 0 Å². The van der Waals surface area contributed by atoms with Crippen molar-refractivity contribution in [1.29, 1.82) is 5.26 Å². The Morgan fingerprint density at radius 2 is 2.00 bits per heavy atom. The molecule has 2 N–H and O–H groups in total. The number of nitrogens with zero attached hydrogens (tertiary/aromatic N) is 1. The first-order chi connectivity index (χ1) is 7.66. The minimum absolute atomic E-state index is 0.113. The van der Waals surface area contributed by atoms with Gasteiger partial charge in [-0.15, -0.1) is 0 Å². The number of nitrogens with one attached hydrogen (secondary N) is 2. The molecule has 0 aliphatic rings. The highest BCUT2D eigenvalue weighted by molar-refractivity contribution is 5.75. The predicted octanol–water partition coefficient (Wildman–Crippen LogP) is 1.57. The van der Waals surface area contributed by atoms with Gasteiger partial charge in [-0.25, -0.2) is 0 Å². The maximum Gasteiger partial charge on any atom is 0.220 e. The van der Waals surface area contributed by atoms with Crippen LogP contribution < -0.4 is 10.6 Å². The molecule has 4 nitrogen and oxygen atoms in total. The van der Waals surface area contributed by atoms with Crippen LogP contribution in [-0.4, -0.2) is 25.0 Å². The fourth-order valence-electron chi connectivity index (χ4n) is 1.28. The average Bonchev–Trinajstić information content (AvgIpc) is 2.24. The van der Waals surface area contributed by atoms with Gasteiger partial charge >= 0.3 is 0 Å². The lowest BCUT2D eigenvalue weighted by Crippen LogP contribution is -2.27. The van der Waals surface area contributed by atoms with Crippen molar-refractivity contribution in [3.8, 4) is 6.07 Å². The molecule has 0 atom stereocenters. The lowest BCUT2D eigenvalue weighted by Gasteiger charge is -2.07. The van der Waals surface area contributed by atoms with Gasteiger partial charge in [0.2, 0.25) is 5.91 Å². The van der Waals surface area contributed by atoms with Crippen LogP contribution in [0, 0.1) is 11.3 Å². The van der Waals surface area contributed by atoms with E-state index in [4.69, 9.17) is 5.26 Å². The van der Waals surface area contributed by atoms with Crippen LogP contribution in [0.25, 0.3) is 0 Å². The maximum atomic E-state index is 11.3. The number of unbranched alkanes of at least 4 members (excludes halogenated alkanes) is 2. The predicted molar refractivity (Wildman–Crippen MR) is 64.8 cm³/mol. The summed E-state index contributed by atoms with van der Waals surface area (Å²) >= 11 is 0. The summed E-state index contributed by atoms with van der Waals surface area (Å²) in [6.07, 6.45) is 3.80. The number of carbonyl (C=O) groups excluding carboxylic acids is 1. The molecule has 0 heterocycles. The van der Waals surface area contributed by atoms with Gasteiger partial charge in [-0.3, -0.25) is 4.79 Å². The van der Waals surface area contributed by atoms with Crippen molar-refractivity contribution in [2.24, 2.45) is 0 Å². The standard InChI is InChI=1S/C12H23N3O/c1-11(2)14-10-6-7-12(16)15-9-5-3-4-8-13/h11,14H,3-7,9-10H2,1-2H3,(H,15,16). The van der Waals surface area contributed by atoms with Gasteiger partial charge in [0.15, 0.2) is 0 Å². The van der Waals surface area contributed by atoms with Gasteiger partial charge in [-0.1, -0.05) is 13.8 Å². The zero-order valence-corrected chi connectivity index (χ0v) is 10.4. The molecule has 0 aliphatic heterocycles. The van der Waals surface area contributed by atoms with E-state index in [2.05, 4.69) is 30.6 Å². The highest BCUT2D eigenvalue weighted by Gasteiger charge is 2.00. The molecule has 0 radical (unpaired) electrons. The molecule has 0 aromatic rings. The van der Waals surface area contributed by atoms with E-state index in [1.54, 1.807) is 0 Å². The van der Waals surface area contributed by atoms with Crippen LogP contribution in [0.15, 0.2) is 0 Å². The molecule has 0 saturated heterocycles. The Hall–Kier alpha value is -1.08. The van der Waals surface area contributed by atoms with Gasteiger partial charge < -0.3 is 10.6 Å². The molecule has 0 aromatic carbocycles. The minimum atomic E-state index is 0.113. The van der Waals surface area contributed by atoms with E-state index in [0.717, 1.165) is 25.8 Å². The van der Waals surface area contributed by atoms with E-state index < -0.39 is 0 Å². The second-order valence-electron chi connectivity index (χ2n) is 4.18. The molecule has 0 bridgehead atoms. The van der Waals surface area contributed by atoms with Crippen LogP contribution in [0.2, 0.25) is 0 Å². The summed E-state index contributed by atoms with van der Waals surface area (Å²) in [5.74, 6) is 0.113. The molecule has 0 rings (SSSR count). The number of amides is 1. The van der Waals surface area contributed by atoms with Gasteiger partial charge in [0.05, 0.1) is 6.07 Å². The molecule has 1 amide bonds. The molecule has 0 aromatic heterocycles. The number of nitriles is 1. The molecule has 16 heavy (non-hydrogen) atoms. The van der Waals surface area contributed by atoms with Crippen molar-refractivity contribution in [2.45, 2.75) is 52.0 Å². The smallest absolute Gasteiger partial charge is 0.220 e. The maximum absolute atomic E-state index is 11.3. The molecular weight excluding hydrogens is 202 g/mol. The Balaban J connectivity index is 3.22. The molecular formula is C12H23N3O. The Labute approximate surface area is 98.4 Å². The van der Waals surface area contributed by atoms with Crippen molar-refractivity contribution < 1.29 is 4.79 Å². The Morgan fingerprint density at radius 3 is 2.62 bits per heavy atom. The Bertz CT molecular complexity index is 221. The fourth-order valence-corrected chi connectivity index (χ4v) is 1.28. The topological polar surface area (TPSA) is 64.9 Å². The second-order valence-corrected chi connectivity index (χ2v) is 4.18. The normalized spacial score (nSPS) is 10.1. The van der Waals surface area contributed by atoms with E-state index in [1.165, 1.54) is 0 Å². The van der Waals surface area contributed by atoms with E-state index >= 15 is 0 Å². The zero-order chi connectivity index (χ0) is 12.2. The van der Waals surface area contributed by atoms with Gasteiger partial charge in [0.25, 0.3) is 0 Å². The van der Waals surface area contributed by atoms with Crippen molar-refractivity contribution in [3.63, 3.8) is 0 Å². The highest BCUT2D eigenvalue weighted by Crippen LogP contribution is 1.93. The van der Waals surface area contributed by atoms with Gasteiger partial charge in [0, 0.05) is 25.4 Å². The first-order valence-electron chi connectivity index (χ1n) is 6.04. The molecule has 0 saturated carbocycles. The molecule has 92 valence electrons. The Kier molecular flexibility index (Phi) is 9.73. The molecule has 0 unspecified atom stereocenters. The fraction of sp³-hybridized carbons (Fsp3) is 0.833. The third-order valence-electron chi connectivity index (χ3n) is 2.17. The third-order valence-corrected chi connectivity index (χ3v) is 2.17. The van der Waals surface area contributed by atoms with Crippen molar-refractivity contribution in [2.75, 3.05) is 13.1 Å². The first-order valence-corrected chi connectivity index (χ1v) is 6.04. The summed E-state index contributed by atoms with van der Waals surface area (Å²) in [6.45, 7) is 5.77. The average molecular weight is 225 g/mol. The SMILES string of the molecule is CC(C)NCCCC(=O)NCCCCC#N. The van der Waals surface area contributed by atoms with E-state index in [0.29, 0.717) is 25.4 Å². The summed E-state index contributed by atoms with van der Waals surface area (Å²) in [5.41, 5.74) is 0. The Morgan fingerprint density at radius 1 is 1.25 bits per heavy atom. The van der Waals surface area contributed by atoms with Gasteiger partial charge in [-0.05, 0) is 25.8 Å². The monoisotopic (exact) mass is 225 g/mol. The molecule has 0 fully saturated rings. The first kappa shape index (κ1) is 14.9. The summed E-state index contributed by atoms with van der Waals surface area (Å²) in [7, 11) is 0. The summed E-state index contributed by atoms with van der Waals surface area (Å²) in [6, 6.07) is 2.57. The zero-order valence-electron chi connectivity index (χ0n) is 10.4. The van der Waals surface area contributed by atoms with Crippen molar-refractivity contribution in [1.82, 2.24) is 10.6 Å². The van der Waals surface area contributed by atoms with Crippen molar-refractivity contribution >= 4 is 5.91 Å². The number of hydrogen-bond acceptors (Lipinski definition) is 3. The lowest BCUT2D eigenvalue weighted by atomic mass is 10.2. The van der Waals surface area contributed by atoms with Crippen LogP contribution in [0.5, 0.6) is 0 Å². The van der Waals surface area contributed by atoms with Crippen molar-refractivity contribution in [3.05, 3.63) is 0 Å². The number of hydrogen-bond donors (Lipinski definition) is 2. The summed E-state index contributed by atoms with van der Waals surface area (Å²) in [4.78, 5) is 11.3. The van der Waals surface area contributed by atoms with Crippen LogP contribution in [0.1, 0.15) is 46.0 Å². The molecule has 4 heteroatoms. The van der Waals surface area contributed by atoms with Crippen LogP contribution >= 0.6 is 0 Å². The van der Waals surface area contributed by atoms with E-state index in [-0.39, 0.29) is 5.91 Å². The third kappa shape index (κ3) is 11.0. The largest absolute Gasteiger partial charge is 0.356 e. The number of rotatable bonds is 9. The quantitative estimate of drug-likeness (QED) is 0.585. The van der Waals surface area contributed by atoms with Gasteiger partial charge in [0.1, 0.15) is 0 Å². The molecule has 0 spiro atoms. The minimum Gasteiger partial charge on any atom is -0.356 e. The van der Waals surface area contributed by atoms with Gasteiger partial charge in [-0.2, -0.15) is 5.26 Å². The summed E-state index contributed by atoms with van der Waals surface area (Å²) in [5, 5.41) is 14.4.